The molecule has 0 aliphatic carbocycles. The normalized spacial score (nSPS) is 61.3. The molecular formula is C16H28N2+2. The molecule has 4 bridgehead atoms. The smallest absolute Gasteiger partial charge is 0.208 e. The summed E-state index contributed by atoms with van der Waals surface area (Å²) in [6, 6.07) is 2.20. The topological polar surface area (TPSA) is 0 Å². The zero-order valence-electron chi connectivity index (χ0n) is 11.7. The minimum absolute atomic E-state index is 1.10. The number of rotatable bonds is 0. The Balaban J connectivity index is 1.59. The summed E-state index contributed by atoms with van der Waals surface area (Å²) >= 11 is 0. The Hall–Kier alpha value is -0.0800. The number of hydrogen-bond donors (Lipinski definition) is 0. The second kappa shape index (κ2) is 3.32. The molecule has 6 atom stereocenters. The third kappa shape index (κ3) is 1.13. The lowest BCUT2D eigenvalue weighted by molar-refractivity contribution is -1.17. The van der Waals surface area contributed by atoms with Crippen LogP contribution in [0.15, 0.2) is 0 Å². The Labute approximate surface area is 111 Å². The first kappa shape index (κ1) is 10.7. The van der Waals surface area contributed by atoms with Gasteiger partial charge in [-0.15, -0.1) is 0 Å². The third-order valence-corrected chi connectivity index (χ3v) is 7.57. The summed E-state index contributed by atoms with van der Waals surface area (Å²) in [6.07, 6.45) is 10.9. The summed E-state index contributed by atoms with van der Waals surface area (Å²) in [5.74, 6) is 2.24. The highest BCUT2D eigenvalue weighted by molar-refractivity contribution is 4.94. The van der Waals surface area contributed by atoms with Gasteiger partial charge in [-0.05, 0) is 32.1 Å². The SMILES string of the molecule is C1CC[N@@+]23C[C@@H]4C[C@@H](C[N@+]5(CCCC[C@H]45)C2)[C@H]3C1. The van der Waals surface area contributed by atoms with E-state index in [9.17, 15) is 0 Å². The van der Waals surface area contributed by atoms with Gasteiger partial charge in [-0.3, -0.25) is 8.97 Å². The van der Waals surface area contributed by atoms with Crippen LogP contribution in [0.25, 0.3) is 0 Å². The van der Waals surface area contributed by atoms with Crippen molar-refractivity contribution in [2.45, 2.75) is 57.0 Å². The van der Waals surface area contributed by atoms with Crippen molar-refractivity contribution in [1.29, 1.82) is 0 Å². The second-order valence-electron chi connectivity index (χ2n) is 8.27. The van der Waals surface area contributed by atoms with Crippen LogP contribution in [0.3, 0.4) is 0 Å². The zero-order chi connectivity index (χ0) is 11.8. The van der Waals surface area contributed by atoms with E-state index in [1.807, 2.05) is 0 Å². The van der Waals surface area contributed by atoms with Gasteiger partial charge in [-0.1, -0.05) is 0 Å². The van der Waals surface area contributed by atoms with Crippen LogP contribution in [0.1, 0.15) is 44.9 Å². The predicted molar refractivity (Wildman–Crippen MR) is 71.7 cm³/mol. The monoisotopic (exact) mass is 248 g/mol. The second-order valence-corrected chi connectivity index (χ2v) is 8.27. The van der Waals surface area contributed by atoms with Crippen molar-refractivity contribution in [1.82, 2.24) is 0 Å². The molecule has 6 fully saturated rings. The molecule has 0 aromatic rings. The van der Waals surface area contributed by atoms with Crippen molar-refractivity contribution in [3.05, 3.63) is 0 Å². The largest absolute Gasteiger partial charge is 0.274 e. The van der Waals surface area contributed by atoms with Crippen molar-refractivity contribution in [2.24, 2.45) is 11.8 Å². The Morgan fingerprint density at radius 1 is 0.667 bits per heavy atom. The van der Waals surface area contributed by atoms with Gasteiger partial charge >= 0.3 is 0 Å². The number of piperidine rings is 4. The molecule has 0 radical (unpaired) electrons. The molecule has 2 nitrogen and oxygen atoms in total. The van der Waals surface area contributed by atoms with Crippen LogP contribution >= 0.6 is 0 Å². The standard InChI is InChI=1S/C16H28N2/c1-3-7-17-11-14-9-13(15(17)5-1)10-18(12-17)8-4-2-6-16(14)18/h13-16H,1-12H2/q+2/t13-,14-,15+,16+,17+,18+/m0/s1. The quantitative estimate of drug-likeness (QED) is 0.577. The molecule has 18 heavy (non-hydrogen) atoms. The maximum absolute atomic E-state index is 1.62. The first-order chi connectivity index (χ1) is 8.81. The van der Waals surface area contributed by atoms with Crippen molar-refractivity contribution in [2.75, 3.05) is 32.8 Å². The maximum Gasteiger partial charge on any atom is 0.208 e. The minimum atomic E-state index is 1.10. The average molecular weight is 248 g/mol. The molecule has 6 aliphatic rings. The zero-order valence-corrected chi connectivity index (χ0v) is 11.7. The molecule has 6 aliphatic heterocycles. The highest BCUT2D eigenvalue weighted by Gasteiger charge is 2.68. The van der Waals surface area contributed by atoms with Gasteiger partial charge in [0.25, 0.3) is 0 Å². The van der Waals surface area contributed by atoms with Crippen LogP contribution in [0.2, 0.25) is 0 Å². The third-order valence-electron chi connectivity index (χ3n) is 7.57. The fourth-order valence-electron chi connectivity index (χ4n) is 7.32. The summed E-state index contributed by atoms with van der Waals surface area (Å²) < 4.78 is 3.18. The summed E-state index contributed by atoms with van der Waals surface area (Å²) in [6.45, 7) is 7.83. The average Bonchev–Trinajstić information content (AvgIpc) is 2.37. The van der Waals surface area contributed by atoms with E-state index in [0.717, 1.165) is 23.9 Å². The van der Waals surface area contributed by atoms with E-state index in [1.165, 1.54) is 25.7 Å². The maximum atomic E-state index is 1.62. The molecule has 0 amide bonds. The van der Waals surface area contributed by atoms with Gasteiger partial charge < -0.3 is 0 Å². The van der Waals surface area contributed by atoms with Crippen LogP contribution in [-0.2, 0) is 0 Å². The van der Waals surface area contributed by atoms with Crippen LogP contribution in [-0.4, -0.2) is 53.9 Å². The van der Waals surface area contributed by atoms with Crippen LogP contribution in [0.4, 0.5) is 0 Å². The van der Waals surface area contributed by atoms with Gasteiger partial charge in [0.2, 0.25) is 6.67 Å². The van der Waals surface area contributed by atoms with E-state index in [0.29, 0.717) is 0 Å². The fraction of sp³-hybridized carbons (Fsp3) is 1.00. The predicted octanol–water partition coefficient (Wildman–Crippen LogP) is 2.35. The lowest BCUT2D eigenvalue weighted by atomic mass is 9.65. The van der Waals surface area contributed by atoms with Crippen molar-refractivity contribution in [3.63, 3.8) is 0 Å². The molecule has 6 rings (SSSR count). The molecule has 0 aromatic carbocycles. The number of quaternary nitrogens is 2. The van der Waals surface area contributed by atoms with Crippen LogP contribution in [0, 0.1) is 11.8 Å². The van der Waals surface area contributed by atoms with E-state index in [-0.39, 0.29) is 0 Å². The Kier molecular flexibility index (Phi) is 1.97. The van der Waals surface area contributed by atoms with Crippen molar-refractivity contribution < 1.29 is 8.97 Å². The highest BCUT2D eigenvalue weighted by Crippen LogP contribution is 2.54. The fourth-order valence-corrected chi connectivity index (χ4v) is 7.32. The molecule has 100 valence electrons. The van der Waals surface area contributed by atoms with Gasteiger partial charge in [-0.25, -0.2) is 0 Å². The molecule has 6 heterocycles. The van der Waals surface area contributed by atoms with Gasteiger partial charge in [-0.2, -0.15) is 0 Å². The van der Waals surface area contributed by atoms with Gasteiger partial charge in [0.15, 0.2) is 0 Å². The molecular weight excluding hydrogens is 220 g/mol. The lowest BCUT2D eigenvalue weighted by Crippen LogP contribution is -2.86. The molecule has 2 spiro atoms. The molecule has 0 saturated carbocycles. The van der Waals surface area contributed by atoms with E-state index < -0.39 is 0 Å². The van der Waals surface area contributed by atoms with Gasteiger partial charge in [0.05, 0.1) is 38.0 Å². The first-order valence-corrected chi connectivity index (χ1v) is 8.53. The molecule has 6 saturated heterocycles. The molecule has 2 heteroatoms. The molecule has 0 aromatic heterocycles. The first-order valence-electron chi connectivity index (χ1n) is 8.53. The van der Waals surface area contributed by atoms with E-state index in [2.05, 4.69) is 0 Å². The van der Waals surface area contributed by atoms with Crippen LogP contribution in [0.5, 0.6) is 0 Å². The Morgan fingerprint density at radius 3 is 1.78 bits per heavy atom. The summed E-state index contributed by atoms with van der Waals surface area (Å²) in [4.78, 5) is 0. The lowest BCUT2D eigenvalue weighted by Gasteiger charge is -2.70. The van der Waals surface area contributed by atoms with E-state index >= 15 is 0 Å². The van der Waals surface area contributed by atoms with Crippen molar-refractivity contribution >= 4 is 0 Å². The van der Waals surface area contributed by atoms with E-state index in [1.54, 1.807) is 61.1 Å². The number of hydrogen-bond acceptors (Lipinski definition) is 0. The summed E-state index contributed by atoms with van der Waals surface area (Å²) in [5, 5.41) is 0. The highest BCUT2D eigenvalue weighted by atomic mass is 15.6. The van der Waals surface area contributed by atoms with Crippen molar-refractivity contribution in [3.8, 4) is 0 Å². The van der Waals surface area contributed by atoms with Crippen LogP contribution < -0.4 is 0 Å². The Bertz CT molecular complexity index is 347. The molecule has 0 unspecified atom stereocenters. The van der Waals surface area contributed by atoms with Gasteiger partial charge in [0, 0.05) is 12.8 Å². The summed E-state index contributed by atoms with van der Waals surface area (Å²) in [7, 11) is 0. The van der Waals surface area contributed by atoms with E-state index in [4.69, 9.17) is 0 Å². The van der Waals surface area contributed by atoms with Gasteiger partial charge in [0.1, 0.15) is 12.1 Å². The number of nitrogens with zero attached hydrogens (tertiary/aromatic N) is 2. The summed E-state index contributed by atoms with van der Waals surface area (Å²) in [5.41, 5.74) is 0. The molecule has 0 N–H and O–H groups in total. The Morgan fingerprint density at radius 2 is 1.22 bits per heavy atom. The minimum Gasteiger partial charge on any atom is -0.274 e.